The molecule has 4 atom stereocenters. The zero-order valence-corrected chi connectivity index (χ0v) is 8.76. The summed E-state index contributed by atoms with van der Waals surface area (Å²) in [5.41, 5.74) is 5.19. The minimum atomic E-state index is -1.23. The first-order chi connectivity index (χ1) is 8.04. The van der Waals surface area contributed by atoms with E-state index in [9.17, 15) is 10.2 Å². The molecule has 1 fully saturated rings. The quantitative estimate of drug-likeness (QED) is 0.283. The van der Waals surface area contributed by atoms with Gasteiger partial charge in [-0.3, -0.25) is 5.41 Å². The normalized spacial score (nSPS) is 32.9. The molecule has 2 rings (SSSR count). The van der Waals surface area contributed by atoms with E-state index in [0.717, 1.165) is 4.68 Å². The van der Waals surface area contributed by atoms with Crippen LogP contribution in [-0.4, -0.2) is 60.8 Å². The third-order valence-electron chi connectivity index (χ3n) is 2.53. The van der Waals surface area contributed by atoms with Gasteiger partial charge < -0.3 is 25.8 Å². The number of nitrogens with two attached hydrogens (primary N) is 1. The molecule has 0 unspecified atom stereocenters. The Bertz CT molecular complexity index is 422. The maximum absolute atomic E-state index is 9.70. The molecule has 0 saturated carbocycles. The van der Waals surface area contributed by atoms with Crippen LogP contribution in [0, 0.1) is 5.41 Å². The Morgan fingerprint density at radius 3 is 2.71 bits per heavy atom. The van der Waals surface area contributed by atoms with Gasteiger partial charge in [0.05, 0.1) is 6.61 Å². The molecule has 0 radical (unpaired) electrons. The van der Waals surface area contributed by atoms with Crippen LogP contribution in [0.3, 0.4) is 0 Å². The van der Waals surface area contributed by atoms with Crippen molar-refractivity contribution < 1.29 is 20.1 Å². The standard InChI is InChI=1S/C8H13N5O4/c9-6(10)7-11-2-13(12-7)8-5(16)4(15)3(1-14)17-8/h2-5,8,14-16H,1H2,(H3,9,10)/t3-,4-,5-,8+/m1/s1. The average Bonchev–Trinajstić information content (AvgIpc) is 2.87. The first-order valence-corrected chi connectivity index (χ1v) is 4.92. The fraction of sp³-hybridized carbons (Fsp3) is 0.625. The van der Waals surface area contributed by atoms with Gasteiger partial charge in [-0.05, 0) is 0 Å². The molecule has 1 aromatic heterocycles. The van der Waals surface area contributed by atoms with E-state index < -0.39 is 31.1 Å². The van der Waals surface area contributed by atoms with Crippen LogP contribution in [0.5, 0.6) is 0 Å². The van der Waals surface area contributed by atoms with Crippen molar-refractivity contribution in [3.8, 4) is 0 Å². The highest BCUT2D eigenvalue weighted by Crippen LogP contribution is 2.28. The summed E-state index contributed by atoms with van der Waals surface area (Å²) >= 11 is 0. The van der Waals surface area contributed by atoms with Crippen molar-refractivity contribution >= 4 is 5.84 Å². The van der Waals surface area contributed by atoms with Crippen LogP contribution >= 0.6 is 0 Å². The molecule has 0 amide bonds. The molecular formula is C8H13N5O4. The molecule has 2 heterocycles. The topological polar surface area (TPSA) is 150 Å². The molecule has 0 spiro atoms. The van der Waals surface area contributed by atoms with Gasteiger partial charge in [0.25, 0.3) is 0 Å². The van der Waals surface area contributed by atoms with Crippen molar-refractivity contribution in [1.29, 1.82) is 5.41 Å². The molecule has 1 saturated heterocycles. The number of nitrogens with zero attached hydrogens (tertiary/aromatic N) is 3. The number of rotatable bonds is 3. The SMILES string of the molecule is N=C(N)c1ncn([C@H]2O[C@H](CO)[C@@H](O)[C@H]2O)n1. The summed E-state index contributed by atoms with van der Waals surface area (Å²) in [4.78, 5) is 3.74. The number of amidine groups is 1. The lowest BCUT2D eigenvalue weighted by molar-refractivity contribution is -0.0588. The molecule has 1 aliphatic rings. The molecule has 9 heteroatoms. The zero-order valence-electron chi connectivity index (χ0n) is 8.76. The summed E-state index contributed by atoms with van der Waals surface area (Å²) in [6, 6.07) is 0. The first-order valence-electron chi connectivity index (χ1n) is 4.92. The van der Waals surface area contributed by atoms with E-state index in [1.807, 2.05) is 0 Å². The fourth-order valence-corrected chi connectivity index (χ4v) is 1.62. The molecule has 1 aromatic rings. The number of nitrogens with one attached hydrogen (secondary N) is 1. The molecule has 1 aliphatic heterocycles. The van der Waals surface area contributed by atoms with Gasteiger partial charge in [-0.1, -0.05) is 0 Å². The second kappa shape index (κ2) is 4.37. The maximum atomic E-state index is 9.70. The largest absolute Gasteiger partial charge is 0.394 e. The van der Waals surface area contributed by atoms with Crippen molar-refractivity contribution in [2.75, 3.05) is 6.61 Å². The van der Waals surface area contributed by atoms with E-state index in [1.165, 1.54) is 6.33 Å². The van der Waals surface area contributed by atoms with Gasteiger partial charge >= 0.3 is 0 Å². The van der Waals surface area contributed by atoms with Gasteiger partial charge in [0.15, 0.2) is 12.1 Å². The Morgan fingerprint density at radius 1 is 1.53 bits per heavy atom. The Hall–Kier alpha value is -1.55. The number of aliphatic hydroxyl groups excluding tert-OH is 3. The van der Waals surface area contributed by atoms with Gasteiger partial charge in [-0.2, -0.15) is 0 Å². The number of hydrogen-bond acceptors (Lipinski definition) is 7. The molecule has 17 heavy (non-hydrogen) atoms. The van der Waals surface area contributed by atoms with E-state index in [4.69, 9.17) is 21.0 Å². The molecule has 0 aromatic carbocycles. The van der Waals surface area contributed by atoms with Crippen LogP contribution in [-0.2, 0) is 4.74 Å². The highest BCUT2D eigenvalue weighted by molar-refractivity contribution is 5.90. The van der Waals surface area contributed by atoms with Crippen LogP contribution in [0.2, 0.25) is 0 Å². The lowest BCUT2D eigenvalue weighted by Gasteiger charge is -2.13. The van der Waals surface area contributed by atoms with Gasteiger partial charge in [0.1, 0.15) is 24.6 Å². The number of ether oxygens (including phenoxy) is 1. The van der Waals surface area contributed by atoms with Crippen LogP contribution in [0.4, 0.5) is 0 Å². The summed E-state index contributed by atoms with van der Waals surface area (Å²) in [6.45, 7) is -0.414. The fourth-order valence-electron chi connectivity index (χ4n) is 1.62. The average molecular weight is 243 g/mol. The van der Waals surface area contributed by atoms with E-state index in [2.05, 4.69) is 10.1 Å². The molecule has 0 bridgehead atoms. The smallest absolute Gasteiger partial charge is 0.215 e. The minimum absolute atomic E-state index is 0.00254. The maximum Gasteiger partial charge on any atom is 0.215 e. The predicted molar refractivity (Wildman–Crippen MR) is 54.0 cm³/mol. The van der Waals surface area contributed by atoms with Crippen molar-refractivity contribution in [1.82, 2.24) is 14.8 Å². The van der Waals surface area contributed by atoms with E-state index >= 15 is 0 Å². The molecule has 9 nitrogen and oxygen atoms in total. The first kappa shape index (κ1) is 11.9. The predicted octanol–water partition coefficient (Wildman–Crippen LogP) is -2.83. The highest BCUT2D eigenvalue weighted by atomic mass is 16.6. The molecule has 0 aliphatic carbocycles. The summed E-state index contributed by atoms with van der Waals surface area (Å²) in [6.07, 6.45) is -3.02. The summed E-state index contributed by atoms with van der Waals surface area (Å²) in [5, 5.41) is 39.1. The molecular weight excluding hydrogens is 230 g/mol. The third-order valence-corrected chi connectivity index (χ3v) is 2.53. The number of aliphatic hydroxyl groups is 3. The van der Waals surface area contributed by atoms with Gasteiger partial charge in [0.2, 0.25) is 5.82 Å². The molecule has 94 valence electrons. The number of nitrogen functional groups attached to an aromatic ring is 1. The lowest BCUT2D eigenvalue weighted by atomic mass is 10.1. The van der Waals surface area contributed by atoms with Crippen molar-refractivity contribution in [2.45, 2.75) is 24.5 Å². The monoisotopic (exact) mass is 243 g/mol. The van der Waals surface area contributed by atoms with E-state index in [1.54, 1.807) is 0 Å². The second-order valence-corrected chi connectivity index (χ2v) is 3.69. The third kappa shape index (κ3) is 2.00. The van der Waals surface area contributed by atoms with Crippen LogP contribution < -0.4 is 5.73 Å². The van der Waals surface area contributed by atoms with Crippen molar-refractivity contribution in [3.05, 3.63) is 12.2 Å². The van der Waals surface area contributed by atoms with E-state index in [0.29, 0.717) is 0 Å². The second-order valence-electron chi connectivity index (χ2n) is 3.69. The Balaban J connectivity index is 2.19. The van der Waals surface area contributed by atoms with Gasteiger partial charge in [-0.25, -0.2) is 9.67 Å². The zero-order chi connectivity index (χ0) is 12.6. The summed E-state index contributed by atoms with van der Waals surface area (Å²) < 4.78 is 6.37. The number of hydrogen-bond donors (Lipinski definition) is 5. The van der Waals surface area contributed by atoms with Crippen LogP contribution in [0.15, 0.2) is 6.33 Å². The summed E-state index contributed by atoms with van der Waals surface area (Å²) in [7, 11) is 0. The van der Waals surface area contributed by atoms with E-state index in [-0.39, 0.29) is 11.7 Å². The van der Waals surface area contributed by atoms with Gasteiger partial charge in [0, 0.05) is 0 Å². The number of aromatic nitrogens is 3. The van der Waals surface area contributed by atoms with Gasteiger partial charge in [-0.15, -0.1) is 5.10 Å². The summed E-state index contributed by atoms with van der Waals surface area (Å²) in [5.74, 6) is -0.307. The molecule has 6 N–H and O–H groups in total. The Kier molecular flexibility index (Phi) is 3.07. The van der Waals surface area contributed by atoms with Crippen molar-refractivity contribution in [2.24, 2.45) is 5.73 Å². The highest BCUT2D eigenvalue weighted by Gasteiger charge is 2.43. The Morgan fingerprint density at radius 2 is 2.24 bits per heavy atom. The Labute approximate surface area is 96.0 Å². The van der Waals surface area contributed by atoms with Crippen LogP contribution in [0.1, 0.15) is 12.1 Å². The van der Waals surface area contributed by atoms with Crippen LogP contribution in [0.25, 0.3) is 0 Å². The van der Waals surface area contributed by atoms with Crippen molar-refractivity contribution in [3.63, 3.8) is 0 Å². The minimum Gasteiger partial charge on any atom is -0.394 e. The lowest BCUT2D eigenvalue weighted by Crippen LogP contribution is -2.33.